The highest BCUT2D eigenvalue weighted by Crippen LogP contribution is 2.17. The van der Waals surface area contributed by atoms with E-state index in [-0.39, 0.29) is 6.42 Å². The SMILES string of the molecule is CCC(=O)C(=O)N1CCCCCC1C(=O)O. The van der Waals surface area contributed by atoms with Gasteiger partial charge >= 0.3 is 5.97 Å². The molecule has 16 heavy (non-hydrogen) atoms. The van der Waals surface area contributed by atoms with E-state index in [1.165, 1.54) is 4.90 Å². The molecule has 1 unspecified atom stereocenters. The molecule has 5 nitrogen and oxygen atoms in total. The van der Waals surface area contributed by atoms with E-state index in [0.29, 0.717) is 13.0 Å². The van der Waals surface area contributed by atoms with E-state index in [9.17, 15) is 14.4 Å². The predicted molar refractivity (Wildman–Crippen MR) is 56.9 cm³/mol. The van der Waals surface area contributed by atoms with Gasteiger partial charge in [-0.1, -0.05) is 19.8 Å². The second kappa shape index (κ2) is 5.63. The Morgan fingerprint density at radius 1 is 1.25 bits per heavy atom. The maximum absolute atomic E-state index is 11.7. The number of amides is 1. The van der Waals surface area contributed by atoms with E-state index < -0.39 is 23.7 Å². The summed E-state index contributed by atoms with van der Waals surface area (Å²) in [6, 6.07) is -0.828. The lowest BCUT2D eigenvalue weighted by atomic mass is 10.1. The van der Waals surface area contributed by atoms with Crippen LogP contribution in [0, 0.1) is 0 Å². The number of aliphatic carboxylic acids is 1. The molecular weight excluding hydrogens is 210 g/mol. The maximum Gasteiger partial charge on any atom is 0.326 e. The van der Waals surface area contributed by atoms with Gasteiger partial charge in [0.15, 0.2) is 0 Å². The number of carboxylic acid groups (broad SMARTS) is 1. The van der Waals surface area contributed by atoms with Gasteiger partial charge in [-0.3, -0.25) is 9.59 Å². The highest BCUT2D eigenvalue weighted by Gasteiger charge is 2.32. The highest BCUT2D eigenvalue weighted by atomic mass is 16.4. The summed E-state index contributed by atoms with van der Waals surface area (Å²) in [5.74, 6) is -2.16. The van der Waals surface area contributed by atoms with Crippen molar-refractivity contribution in [3.8, 4) is 0 Å². The standard InChI is InChI=1S/C11H17NO4/c1-2-9(13)10(14)12-7-5-3-4-6-8(12)11(15)16/h8H,2-7H2,1H3,(H,15,16). The summed E-state index contributed by atoms with van der Waals surface area (Å²) in [5.41, 5.74) is 0. The van der Waals surface area contributed by atoms with Gasteiger partial charge in [0.2, 0.25) is 5.78 Å². The van der Waals surface area contributed by atoms with Gasteiger partial charge < -0.3 is 10.0 Å². The number of Topliss-reactive ketones (excluding diaryl/α,β-unsaturated/α-hetero) is 1. The summed E-state index contributed by atoms with van der Waals surface area (Å²) in [6.45, 7) is 1.98. The minimum atomic E-state index is -1.01. The van der Waals surface area contributed by atoms with Crippen LogP contribution in [0.1, 0.15) is 39.0 Å². The Morgan fingerprint density at radius 3 is 2.50 bits per heavy atom. The molecule has 1 aliphatic rings. The molecule has 90 valence electrons. The van der Waals surface area contributed by atoms with Crippen LogP contribution in [0.15, 0.2) is 0 Å². The van der Waals surface area contributed by atoms with Crippen LogP contribution in [-0.2, 0) is 14.4 Å². The fourth-order valence-electron chi connectivity index (χ4n) is 1.92. The van der Waals surface area contributed by atoms with Crippen molar-refractivity contribution < 1.29 is 19.5 Å². The molecule has 1 aliphatic heterocycles. The average molecular weight is 227 g/mol. The number of rotatable bonds is 3. The number of likely N-dealkylation sites (tertiary alicyclic amines) is 1. The van der Waals surface area contributed by atoms with E-state index in [1.807, 2.05) is 0 Å². The molecule has 0 radical (unpaired) electrons. The molecule has 1 N–H and O–H groups in total. The second-order valence-corrected chi connectivity index (χ2v) is 3.98. The van der Waals surface area contributed by atoms with Crippen LogP contribution in [0.5, 0.6) is 0 Å². The van der Waals surface area contributed by atoms with Gasteiger partial charge in [-0.05, 0) is 12.8 Å². The second-order valence-electron chi connectivity index (χ2n) is 3.98. The lowest BCUT2D eigenvalue weighted by molar-refractivity contribution is -0.153. The number of hydrogen-bond acceptors (Lipinski definition) is 3. The lowest BCUT2D eigenvalue weighted by Gasteiger charge is -2.25. The van der Waals surface area contributed by atoms with Crippen LogP contribution in [0.25, 0.3) is 0 Å². The number of carbonyl (C=O) groups is 3. The molecule has 1 amide bonds. The quantitative estimate of drug-likeness (QED) is 0.724. The summed E-state index contributed by atoms with van der Waals surface area (Å²) in [5, 5.41) is 9.03. The molecule has 1 saturated heterocycles. The van der Waals surface area contributed by atoms with Crippen molar-refractivity contribution in [2.75, 3.05) is 6.54 Å². The van der Waals surface area contributed by atoms with Crippen LogP contribution < -0.4 is 0 Å². The molecule has 0 aromatic heterocycles. The zero-order valence-electron chi connectivity index (χ0n) is 9.44. The third-order valence-electron chi connectivity index (χ3n) is 2.86. The normalized spacial score (nSPS) is 21.3. The van der Waals surface area contributed by atoms with Gasteiger partial charge in [-0.15, -0.1) is 0 Å². The first-order chi connectivity index (χ1) is 7.57. The zero-order chi connectivity index (χ0) is 12.1. The third kappa shape index (κ3) is 2.81. The van der Waals surface area contributed by atoms with Crippen molar-refractivity contribution in [3.63, 3.8) is 0 Å². The number of nitrogens with zero attached hydrogens (tertiary/aromatic N) is 1. The van der Waals surface area contributed by atoms with E-state index in [2.05, 4.69) is 0 Å². The molecule has 5 heteroatoms. The van der Waals surface area contributed by atoms with Gasteiger partial charge in [0.25, 0.3) is 5.91 Å². The average Bonchev–Trinajstić information content (AvgIpc) is 2.52. The Balaban J connectivity index is 2.82. The number of hydrogen-bond donors (Lipinski definition) is 1. The molecular formula is C11H17NO4. The Bertz CT molecular complexity index is 300. The van der Waals surface area contributed by atoms with E-state index in [0.717, 1.165) is 19.3 Å². The predicted octanol–water partition coefficient (Wildman–Crippen LogP) is 0.821. The summed E-state index contributed by atoms with van der Waals surface area (Å²) < 4.78 is 0. The van der Waals surface area contributed by atoms with Gasteiger partial charge in [0.05, 0.1) is 0 Å². The van der Waals surface area contributed by atoms with Crippen molar-refractivity contribution in [2.45, 2.75) is 45.1 Å². The Hall–Kier alpha value is -1.39. The summed E-state index contributed by atoms with van der Waals surface area (Å²) in [4.78, 5) is 35.3. The largest absolute Gasteiger partial charge is 0.480 e. The smallest absolute Gasteiger partial charge is 0.326 e. The van der Waals surface area contributed by atoms with Gasteiger partial charge in [0.1, 0.15) is 6.04 Å². The van der Waals surface area contributed by atoms with E-state index in [4.69, 9.17) is 5.11 Å². The monoisotopic (exact) mass is 227 g/mol. The minimum Gasteiger partial charge on any atom is -0.480 e. The molecule has 1 rings (SSSR count). The zero-order valence-corrected chi connectivity index (χ0v) is 9.44. The van der Waals surface area contributed by atoms with Crippen molar-refractivity contribution in [1.82, 2.24) is 4.90 Å². The molecule has 0 aromatic rings. The van der Waals surface area contributed by atoms with Crippen molar-refractivity contribution >= 4 is 17.7 Å². The molecule has 0 bridgehead atoms. The lowest BCUT2D eigenvalue weighted by Crippen LogP contribution is -2.47. The topological polar surface area (TPSA) is 74.7 Å². The molecule has 0 aromatic carbocycles. The summed E-state index contributed by atoms with van der Waals surface area (Å²) in [7, 11) is 0. The van der Waals surface area contributed by atoms with Gasteiger partial charge in [-0.2, -0.15) is 0 Å². The first-order valence-corrected chi connectivity index (χ1v) is 5.64. The highest BCUT2D eigenvalue weighted by molar-refractivity contribution is 6.36. The summed E-state index contributed by atoms with van der Waals surface area (Å²) in [6.07, 6.45) is 3.04. The van der Waals surface area contributed by atoms with Crippen molar-refractivity contribution in [1.29, 1.82) is 0 Å². The third-order valence-corrected chi connectivity index (χ3v) is 2.86. The fourth-order valence-corrected chi connectivity index (χ4v) is 1.92. The maximum atomic E-state index is 11.7. The number of carboxylic acids is 1. The summed E-state index contributed by atoms with van der Waals surface area (Å²) >= 11 is 0. The van der Waals surface area contributed by atoms with Crippen LogP contribution in [-0.4, -0.2) is 40.3 Å². The first kappa shape index (κ1) is 12.7. The van der Waals surface area contributed by atoms with Crippen LogP contribution in [0.3, 0.4) is 0 Å². The van der Waals surface area contributed by atoms with Crippen LogP contribution in [0.4, 0.5) is 0 Å². The fraction of sp³-hybridized carbons (Fsp3) is 0.727. The van der Waals surface area contributed by atoms with Crippen molar-refractivity contribution in [3.05, 3.63) is 0 Å². The Morgan fingerprint density at radius 2 is 1.94 bits per heavy atom. The van der Waals surface area contributed by atoms with Gasteiger partial charge in [0, 0.05) is 13.0 Å². The van der Waals surface area contributed by atoms with Gasteiger partial charge in [-0.25, -0.2) is 4.79 Å². The van der Waals surface area contributed by atoms with E-state index >= 15 is 0 Å². The van der Waals surface area contributed by atoms with Crippen molar-refractivity contribution in [2.24, 2.45) is 0 Å². The number of ketones is 1. The van der Waals surface area contributed by atoms with E-state index in [1.54, 1.807) is 6.92 Å². The molecule has 1 fully saturated rings. The molecule has 0 aliphatic carbocycles. The Labute approximate surface area is 94.4 Å². The first-order valence-electron chi connectivity index (χ1n) is 5.64. The molecule has 1 heterocycles. The minimum absolute atomic E-state index is 0.127. The van der Waals surface area contributed by atoms with Crippen LogP contribution >= 0.6 is 0 Å². The molecule has 0 spiro atoms. The molecule has 0 saturated carbocycles. The molecule has 1 atom stereocenters. The number of carbonyl (C=O) groups excluding carboxylic acids is 2. The Kier molecular flexibility index (Phi) is 4.46. The van der Waals surface area contributed by atoms with Crippen LogP contribution in [0.2, 0.25) is 0 Å².